The molecular formula is C31H37NO7. The zero-order valence-electron chi connectivity index (χ0n) is 23.0. The third-order valence-electron chi connectivity index (χ3n) is 6.98. The SMILES string of the molecule is CCOc1cc(C(c2cc(OC)c(OC)c(OC)c2)N2CCCCC2C(=O)O)ccc1OCc1ccccc1. The van der Waals surface area contributed by atoms with Gasteiger partial charge in [-0.25, -0.2) is 0 Å². The van der Waals surface area contributed by atoms with E-state index < -0.39 is 18.1 Å². The van der Waals surface area contributed by atoms with Gasteiger partial charge in [0.2, 0.25) is 5.75 Å². The van der Waals surface area contributed by atoms with Crippen LogP contribution in [-0.2, 0) is 11.4 Å². The summed E-state index contributed by atoms with van der Waals surface area (Å²) < 4.78 is 29.0. The van der Waals surface area contributed by atoms with E-state index in [2.05, 4.69) is 0 Å². The molecule has 0 bridgehead atoms. The number of methoxy groups -OCH3 is 3. The second-order valence-corrected chi connectivity index (χ2v) is 9.36. The number of nitrogens with zero attached hydrogens (tertiary/aromatic N) is 1. The Bertz CT molecular complexity index is 1220. The molecule has 1 N–H and O–H groups in total. The maximum Gasteiger partial charge on any atom is 0.320 e. The van der Waals surface area contributed by atoms with Gasteiger partial charge in [-0.15, -0.1) is 0 Å². The number of aliphatic carboxylic acids is 1. The standard InChI is InChI=1S/C31H37NO7/c1-5-38-26-17-22(14-15-25(26)39-20-21-11-7-6-8-12-21)29(32-16-10-9-13-24(32)31(33)34)23-18-27(35-2)30(37-4)28(19-23)36-3/h6-8,11-12,14-15,17-19,24,29H,5,9-10,13,16,20H2,1-4H3,(H,33,34). The number of carbonyl (C=O) groups is 1. The first-order valence-corrected chi connectivity index (χ1v) is 13.2. The Morgan fingerprint density at radius 1 is 0.872 bits per heavy atom. The third-order valence-corrected chi connectivity index (χ3v) is 6.98. The van der Waals surface area contributed by atoms with E-state index in [0.29, 0.717) is 54.9 Å². The zero-order valence-corrected chi connectivity index (χ0v) is 23.0. The number of rotatable bonds is 12. The van der Waals surface area contributed by atoms with Crippen LogP contribution >= 0.6 is 0 Å². The molecule has 1 heterocycles. The summed E-state index contributed by atoms with van der Waals surface area (Å²) in [6.07, 6.45) is 2.35. The molecule has 0 aromatic heterocycles. The fourth-order valence-corrected chi connectivity index (χ4v) is 5.18. The fraction of sp³-hybridized carbons (Fsp3) is 0.387. The van der Waals surface area contributed by atoms with Crippen molar-refractivity contribution in [3.63, 3.8) is 0 Å². The Hall–Kier alpha value is -3.91. The molecule has 0 radical (unpaired) electrons. The summed E-state index contributed by atoms with van der Waals surface area (Å²) in [6.45, 7) is 3.43. The highest BCUT2D eigenvalue weighted by Crippen LogP contribution is 2.44. The minimum Gasteiger partial charge on any atom is -0.493 e. The normalized spacial score (nSPS) is 16.3. The highest BCUT2D eigenvalue weighted by molar-refractivity contribution is 5.74. The smallest absolute Gasteiger partial charge is 0.320 e. The zero-order chi connectivity index (χ0) is 27.8. The number of piperidine rings is 1. The van der Waals surface area contributed by atoms with E-state index in [0.717, 1.165) is 29.5 Å². The van der Waals surface area contributed by atoms with Crippen LogP contribution in [0.3, 0.4) is 0 Å². The van der Waals surface area contributed by atoms with Crippen molar-refractivity contribution < 1.29 is 33.6 Å². The Labute approximate surface area is 230 Å². The van der Waals surface area contributed by atoms with Crippen LogP contribution in [0, 0.1) is 0 Å². The molecule has 1 saturated heterocycles. The number of likely N-dealkylation sites (tertiary alicyclic amines) is 1. The molecule has 2 unspecified atom stereocenters. The van der Waals surface area contributed by atoms with E-state index in [9.17, 15) is 9.90 Å². The maximum absolute atomic E-state index is 12.4. The van der Waals surface area contributed by atoms with Crippen molar-refractivity contribution in [3.8, 4) is 28.7 Å². The Kier molecular flexibility index (Phi) is 9.54. The van der Waals surface area contributed by atoms with E-state index in [1.165, 1.54) is 0 Å². The van der Waals surface area contributed by atoms with Crippen LogP contribution < -0.4 is 23.7 Å². The average molecular weight is 536 g/mol. The van der Waals surface area contributed by atoms with Crippen LogP contribution in [-0.4, -0.2) is 56.5 Å². The summed E-state index contributed by atoms with van der Waals surface area (Å²) >= 11 is 0. The van der Waals surface area contributed by atoms with Crippen molar-refractivity contribution in [2.75, 3.05) is 34.5 Å². The van der Waals surface area contributed by atoms with E-state index in [-0.39, 0.29) is 0 Å². The minimum absolute atomic E-state index is 0.400. The van der Waals surface area contributed by atoms with Gasteiger partial charge in [-0.2, -0.15) is 0 Å². The van der Waals surface area contributed by atoms with Gasteiger partial charge in [0.25, 0.3) is 0 Å². The van der Waals surface area contributed by atoms with Crippen LogP contribution in [0.1, 0.15) is 48.9 Å². The van der Waals surface area contributed by atoms with Crippen LogP contribution in [0.4, 0.5) is 0 Å². The Balaban J connectivity index is 1.81. The summed E-state index contributed by atoms with van der Waals surface area (Å²) in [6, 6.07) is 18.5. The van der Waals surface area contributed by atoms with E-state index >= 15 is 0 Å². The van der Waals surface area contributed by atoms with Crippen LogP contribution in [0.15, 0.2) is 60.7 Å². The molecule has 0 spiro atoms. The summed E-state index contributed by atoms with van der Waals surface area (Å²) in [5, 5.41) is 10.1. The van der Waals surface area contributed by atoms with E-state index in [4.69, 9.17) is 23.7 Å². The number of ether oxygens (including phenoxy) is 5. The van der Waals surface area contributed by atoms with Crippen molar-refractivity contribution >= 4 is 5.97 Å². The molecule has 3 aromatic rings. The van der Waals surface area contributed by atoms with Crippen LogP contribution in [0.5, 0.6) is 28.7 Å². The van der Waals surface area contributed by atoms with Gasteiger partial charge in [0.1, 0.15) is 12.6 Å². The lowest BCUT2D eigenvalue weighted by atomic mass is 9.91. The summed E-state index contributed by atoms with van der Waals surface area (Å²) in [7, 11) is 4.71. The summed E-state index contributed by atoms with van der Waals surface area (Å²) in [4.78, 5) is 14.4. The molecule has 2 atom stereocenters. The molecule has 0 saturated carbocycles. The molecule has 8 nitrogen and oxygen atoms in total. The molecule has 1 fully saturated rings. The number of carboxylic acid groups (broad SMARTS) is 1. The first-order valence-electron chi connectivity index (χ1n) is 13.2. The lowest BCUT2D eigenvalue weighted by molar-refractivity contribution is -0.145. The van der Waals surface area contributed by atoms with Gasteiger partial charge in [-0.05, 0) is 67.3 Å². The largest absolute Gasteiger partial charge is 0.493 e. The number of benzene rings is 3. The highest BCUT2D eigenvalue weighted by atomic mass is 16.5. The Morgan fingerprint density at radius 3 is 2.18 bits per heavy atom. The number of carboxylic acids is 1. The molecule has 4 rings (SSSR count). The van der Waals surface area contributed by atoms with Gasteiger partial charge >= 0.3 is 5.97 Å². The quantitative estimate of drug-likeness (QED) is 0.315. The lowest BCUT2D eigenvalue weighted by Gasteiger charge is -2.40. The van der Waals surface area contributed by atoms with Gasteiger partial charge in [-0.1, -0.05) is 42.8 Å². The van der Waals surface area contributed by atoms with Crippen molar-refractivity contribution in [2.45, 2.75) is 44.9 Å². The second kappa shape index (κ2) is 13.2. The molecule has 1 aliphatic heterocycles. The maximum atomic E-state index is 12.4. The molecule has 0 aliphatic carbocycles. The monoisotopic (exact) mass is 535 g/mol. The third kappa shape index (κ3) is 6.40. The van der Waals surface area contributed by atoms with Crippen LogP contribution in [0.25, 0.3) is 0 Å². The first kappa shape index (κ1) is 28.1. The topological polar surface area (TPSA) is 86.7 Å². The molecule has 39 heavy (non-hydrogen) atoms. The molecule has 8 heteroatoms. The summed E-state index contributed by atoms with van der Waals surface area (Å²) in [5.74, 6) is 1.89. The molecule has 3 aromatic carbocycles. The predicted octanol–water partition coefficient (Wildman–Crippen LogP) is 5.72. The van der Waals surface area contributed by atoms with Gasteiger partial charge in [0, 0.05) is 0 Å². The van der Waals surface area contributed by atoms with Gasteiger partial charge < -0.3 is 28.8 Å². The van der Waals surface area contributed by atoms with E-state index in [1.807, 2.05) is 72.5 Å². The number of hydrogen-bond donors (Lipinski definition) is 1. The Morgan fingerprint density at radius 2 is 1.56 bits per heavy atom. The van der Waals surface area contributed by atoms with Crippen molar-refractivity contribution in [2.24, 2.45) is 0 Å². The first-order chi connectivity index (χ1) is 19.0. The lowest BCUT2D eigenvalue weighted by Crippen LogP contribution is -2.46. The fourth-order valence-electron chi connectivity index (χ4n) is 5.18. The molecule has 0 amide bonds. The molecule has 208 valence electrons. The second-order valence-electron chi connectivity index (χ2n) is 9.36. The van der Waals surface area contributed by atoms with Crippen molar-refractivity contribution in [1.82, 2.24) is 4.90 Å². The summed E-state index contributed by atoms with van der Waals surface area (Å²) in [5.41, 5.74) is 2.77. The van der Waals surface area contributed by atoms with Gasteiger partial charge in [-0.3, -0.25) is 9.69 Å². The van der Waals surface area contributed by atoms with Gasteiger partial charge in [0.05, 0.1) is 34.0 Å². The number of hydrogen-bond acceptors (Lipinski definition) is 7. The average Bonchev–Trinajstić information content (AvgIpc) is 2.97. The van der Waals surface area contributed by atoms with Crippen molar-refractivity contribution in [1.29, 1.82) is 0 Å². The highest BCUT2D eigenvalue weighted by Gasteiger charge is 2.36. The van der Waals surface area contributed by atoms with Crippen molar-refractivity contribution in [3.05, 3.63) is 77.4 Å². The molecule has 1 aliphatic rings. The minimum atomic E-state index is -0.833. The van der Waals surface area contributed by atoms with Gasteiger partial charge in [0.15, 0.2) is 23.0 Å². The van der Waals surface area contributed by atoms with E-state index in [1.54, 1.807) is 21.3 Å². The predicted molar refractivity (Wildman–Crippen MR) is 148 cm³/mol. The molecular weight excluding hydrogens is 498 g/mol. The van der Waals surface area contributed by atoms with Crippen LogP contribution in [0.2, 0.25) is 0 Å².